The van der Waals surface area contributed by atoms with Crippen LogP contribution in [0.3, 0.4) is 0 Å². The fourth-order valence-electron chi connectivity index (χ4n) is 14.7. The zero-order valence-corrected chi connectivity index (χ0v) is 51.0. The second-order valence-corrected chi connectivity index (χ2v) is 26.2. The van der Waals surface area contributed by atoms with Gasteiger partial charge in [0.2, 0.25) is 29.6 Å². The van der Waals surface area contributed by atoms with Crippen molar-refractivity contribution in [3.63, 3.8) is 0 Å². The maximum atomic E-state index is 13.9. The molecule has 7 aromatic rings. The number of anilines is 6. The first kappa shape index (κ1) is 59.1. The second kappa shape index (κ2) is 24.7. The van der Waals surface area contributed by atoms with Crippen molar-refractivity contribution in [1.29, 1.82) is 0 Å². The molecule has 2 aliphatic carbocycles. The van der Waals surface area contributed by atoms with Gasteiger partial charge in [0.15, 0.2) is 11.3 Å². The van der Waals surface area contributed by atoms with Gasteiger partial charge in [-0.25, -0.2) is 9.03 Å². The van der Waals surface area contributed by atoms with Gasteiger partial charge in [-0.3, -0.25) is 28.6 Å². The highest BCUT2D eigenvalue weighted by molar-refractivity contribution is 7.98. The van der Waals surface area contributed by atoms with E-state index in [1.165, 1.54) is 0 Å². The van der Waals surface area contributed by atoms with Crippen molar-refractivity contribution in [1.82, 2.24) is 73.3 Å². The van der Waals surface area contributed by atoms with Gasteiger partial charge in [0.1, 0.15) is 13.1 Å². The van der Waals surface area contributed by atoms with Crippen LogP contribution in [0.4, 0.5) is 47.8 Å². The number of likely N-dealkylation sites (N-methyl/N-ethyl adjacent to an activating group) is 1. The minimum Gasteiger partial charge on any atom is -0.392 e. The number of rotatable bonds is 19. The fraction of sp³-hybridized carbons (Fsp3) is 0.557. The van der Waals surface area contributed by atoms with Gasteiger partial charge in [-0.15, -0.1) is 10.2 Å². The Labute approximate surface area is 517 Å². The molecule has 3 N–H and O–H groups in total. The maximum Gasteiger partial charge on any atom is 0.391 e. The van der Waals surface area contributed by atoms with E-state index in [4.69, 9.17) is 24.9 Å². The van der Waals surface area contributed by atoms with E-state index in [9.17, 15) is 32.7 Å². The summed E-state index contributed by atoms with van der Waals surface area (Å²) in [5.41, 5.74) is 7.30. The topological polar surface area (TPSA) is 223 Å². The van der Waals surface area contributed by atoms with Gasteiger partial charge in [0.25, 0.3) is 0 Å². The predicted molar refractivity (Wildman–Crippen MR) is 329 cm³/mol. The number of hydrogen-bond donors (Lipinski definition) is 3. The molecule has 2 saturated carbocycles. The van der Waals surface area contributed by atoms with Crippen LogP contribution < -0.4 is 20.4 Å². The number of piperazine rings is 3. The molecule has 4 bridgehead atoms. The number of thioether (sulfide) groups is 1. The molecule has 2 unspecified atom stereocenters. The molecule has 6 aromatic heterocycles. The highest BCUT2D eigenvalue weighted by atomic mass is 32.2. The molecular formula is C61H76F3N19O5S. The van der Waals surface area contributed by atoms with Crippen LogP contribution in [0.1, 0.15) is 49.7 Å². The van der Waals surface area contributed by atoms with E-state index in [0.29, 0.717) is 73.5 Å². The number of nitrogens with one attached hydrogen (secondary N) is 2. The molecule has 5 atom stereocenters. The minimum absolute atomic E-state index is 0.00177. The van der Waals surface area contributed by atoms with Crippen molar-refractivity contribution in [2.45, 2.75) is 89.2 Å². The Kier molecular flexibility index (Phi) is 16.4. The van der Waals surface area contributed by atoms with Crippen LogP contribution in [0.5, 0.6) is 0 Å². The highest BCUT2D eigenvalue weighted by Gasteiger charge is 2.54. The van der Waals surface area contributed by atoms with Crippen LogP contribution in [-0.2, 0) is 45.4 Å². The Morgan fingerprint density at radius 3 is 1.97 bits per heavy atom. The lowest BCUT2D eigenvalue weighted by molar-refractivity contribution is -0.207. The van der Waals surface area contributed by atoms with Gasteiger partial charge < -0.3 is 49.9 Å². The Bertz CT molecular complexity index is 3690. The van der Waals surface area contributed by atoms with Crippen molar-refractivity contribution in [2.75, 3.05) is 125 Å². The molecule has 0 spiro atoms. The highest BCUT2D eigenvalue weighted by Crippen LogP contribution is 2.48. The van der Waals surface area contributed by atoms with Gasteiger partial charge >= 0.3 is 6.18 Å². The molecule has 14 rings (SSSR count). The van der Waals surface area contributed by atoms with Gasteiger partial charge in [0, 0.05) is 145 Å². The zero-order valence-electron chi connectivity index (χ0n) is 50.2. The number of piperidine rings is 1. The normalized spacial score (nSPS) is 24.1. The third-order valence-electron chi connectivity index (χ3n) is 19.6. The van der Waals surface area contributed by atoms with E-state index in [0.717, 1.165) is 105 Å². The number of carbonyl (C=O) groups is 3. The molecule has 7 aliphatic rings. The number of alkyl halides is 3. The third-order valence-corrected chi connectivity index (χ3v) is 20.2. The van der Waals surface area contributed by atoms with Gasteiger partial charge in [-0.2, -0.15) is 45.1 Å². The van der Waals surface area contributed by atoms with E-state index in [1.54, 1.807) is 43.2 Å². The molecule has 3 amide bonds. The molecule has 11 heterocycles. The smallest absolute Gasteiger partial charge is 0.391 e. The van der Waals surface area contributed by atoms with Crippen molar-refractivity contribution in [3.8, 4) is 11.3 Å². The number of ether oxygens (including phenoxy) is 1. The molecule has 89 heavy (non-hydrogen) atoms. The van der Waals surface area contributed by atoms with E-state index in [1.807, 2.05) is 69.1 Å². The van der Waals surface area contributed by atoms with Crippen LogP contribution in [0.15, 0.2) is 73.4 Å². The monoisotopic (exact) mass is 1240 g/mol. The number of hydrogen-bond acceptors (Lipinski definition) is 18. The van der Waals surface area contributed by atoms with Crippen molar-refractivity contribution in [3.05, 3.63) is 84.6 Å². The van der Waals surface area contributed by atoms with E-state index >= 15 is 0 Å². The number of halogens is 3. The summed E-state index contributed by atoms with van der Waals surface area (Å²) in [6.45, 7) is 9.89. The fourth-order valence-corrected chi connectivity index (χ4v) is 15.2. The molecule has 24 nitrogen and oxygen atoms in total. The summed E-state index contributed by atoms with van der Waals surface area (Å²) in [6.07, 6.45) is 9.76. The van der Waals surface area contributed by atoms with E-state index in [-0.39, 0.29) is 92.8 Å². The van der Waals surface area contributed by atoms with Crippen LogP contribution in [-0.4, -0.2) is 225 Å². The van der Waals surface area contributed by atoms with Crippen molar-refractivity contribution < 1.29 is 37.4 Å². The van der Waals surface area contributed by atoms with Gasteiger partial charge in [-0.05, 0) is 87.2 Å². The number of nitrogens with zero attached hydrogens (tertiary/aromatic N) is 17. The van der Waals surface area contributed by atoms with Crippen molar-refractivity contribution in [2.24, 2.45) is 23.7 Å². The average molecular weight is 1240 g/mol. The van der Waals surface area contributed by atoms with Gasteiger partial charge in [-0.1, -0.05) is 18.2 Å². The van der Waals surface area contributed by atoms with E-state index in [2.05, 4.69) is 59.8 Å². The minimum atomic E-state index is -4.29. The number of aliphatic hydroxyl groups excluding tert-OH is 1. The lowest BCUT2D eigenvalue weighted by atomic mass is 9.73. The lowest BCUT2D eigenvalue weighted by Crippen LogP contribution is -2.58. The summed E-state index contributed by atoms with van der Waals surface area (Å²) >= 11 is 1.82. The Hall–Kier alpha value is -7.53. The zero-order chi connectivity index (χ0) is 61.1. The molecule has 1 aromatic carbocycles. The Morgan fingerprint density at radius 1 is 0.719 bits per heavy atom. The summed E-state index contributed by atoms with van der Waals surface area (Å²) in [6, 6.07) is 13.6. The van der Waals surface area contributed by atoms with E-state index < -0.39 is 18.0 Å². The lowest BCUT2D eigenvalue weighted by Gasteiger charge is -2.46. The number of aromatic nitrogens is 10. The molecule has 28 heteroatoms. The van der Waals surface area contributed by atoms with Crippen molar-refractivity contribution >= 4 is 75.4 Å². The maximum absolute atomic E-state index is 13.9. The first-order chi connectivity index (χ1) is 43.2. The molecule has 7 fully saturated rings. The second-order valence-electron chi connectivity index (χ2n) is 25.2. The first-order valence-electron chi connectivity index (χ1n) is 31.2. The molecule has 5 aliphatic heterocycles. The van der Waals surface area contributed by atoms with Crippen LogP contribution in [0.2, 0.25) is 0 Å². The first-order valence-corrected chi connectivity index (χ1v) is 32.6. The molecule has 472 valence electrons. The SMILES string of the molecule is CSCCN1CCN(C(=O)Cn2cc(Nc3nc4c(N5CC6CCC(C5)N6C(=O)C5CC(C(F)(F)F)C5)ccc(-c5c(CO)cccc5CO[C@H]5[C@@H]6CC[C@H]5CN(c5cccn7nc(Nc8cnn(CC(=O)N9CCN(C)CC9)c8)nc57)C6)n4n3)cn2)CC1. The standard InChI is InChI=1S/C61H76F3N19O5S/c1-73-15-19-75(20-16-73)52(85)35-79-31-45(27-65-79)67-59-69-56-50(7-4-14-81(56)71-59)77-29-39-8-9-40(30-77)55(39)88-38-42-6-3-5-41(37-84)54(42)49-12-13-51(78-33-47-10-11-48(34-78)82(47)58(87)43-25-44(26-43)61(62,63)64)57-70-60(72-83(49)57)68-46-28-66-80(32-46)36-53(86)76-21-17-74(18-22-76)23-24-89-2/h3-7,12-14,27-28,31-32,39-40,43-44,47-48,55,84H,8-11,15-26,29-30,33-38H2,1-2H3,(H,67,71)(H,68,72)/t39-,40+,43?,44?,47?,48?,55+. The number of fused-ring (bicyclic) bond motifs is 6. The largest absolute Gasteiger partial charge is 0.392 e. The number of aliphatic hydroxyl groups is 1. The average Bonchev–Trinajstić information content (AvgIpc) is 1.71. The molecule has 0 radical (unpaired) electrons. The third kappa shape index (κ3) is 12.1. The van der Waals surface area contributed by atoms with Crippen LogP contribution in [0, 0.1) is 23.7 Å². The summed E-state index contributed by atoms with van der Waals surface area (Å²) in [5, 5.41) is 36.6. The molecule has 5 saturated heterocycles. The van der Waals surface area contributed by atoms with Gasteiger partial charge in [0.05, 0.1) is 66.1 Å². The number of amides is 3. The summed E-state index contributed by atoms with van der Waals surface area (Å²) in [5.74, 6) is 0.0512. The summed E-state index contributed by atoms with van der Waals surface area (Å²) in [4.78, 5) is 65.3. The predicted octanol–water partition coefficient (Wildman–Crippen LogP) is 5.29. The number of pyridine rings is 2. The van der Waals surface area contributed by atoms with Crippen LogP contribution >= 0.6 is 11.8 Å². The van der Waals surface area contributed by atoms with Crippen LogP contribution in [0.25, 0.3) is 22.6 Å². The number of benzene rings is 1. The Balaban J connectivity index is 0.688. The summed E-state index contributed by atoms with van der Waals surface area (Å²) in [7, 11) is 2.06. The quantitative estimate of drug-likeness (QED) is 0.0936. The summed E-state index contributed by atoms with van der Waals surface area (Å²) < 4.78 is 54.5. The number of carbonyl (C=O) groups excluding carboxylic acids is 3. The Morgan fingerprint density at radius 2 is 1.33 bits per heavy atom. The molecular weight excluding hydrogens is 1170 g/mol.